The lowest BCUT2D eigenvalue weighted by atomic mass is 10.4. The van der Waals surface area contributed by atoms with Crippen molar-refractivity contribution in [2.24, 2.45) is 0 Å². The zero-order chi connectivity index (χ0) is 8.97. The molecule has 0 aliphatic rings. The monoisotopic (exact) mass is 187 g/mol. The number of nitrogens with zero attached hydrogens (tertiary/aromatic N) is 2. The molecule has 0 bridgehead atoms. The molecule has 0 aliphatic carbocycles. The lowest BCUT2D eigenvalue weighted by molar-refractivity contribution is -0.508. The molecule has 0 spiro atoms. The number of aromatic nitrogens is 1. The van der Waals surface area contributed by atoms with Gasteiger partial charge in [-0.15, -0.1) is 0 Å². The maximum absolute atomic E-state index is 11.1. The Labute approximate surface area is 74.7 Å². The van der Waals surface area contributed by atoms with Crippen molar-refractivity contribution >= 4 is 17.3 Å². The van der Waals surface area contributed by atoms with Crippen molar-refractivity contribution in [1.82, 2.24) is 4.98 Å². The van der Waals surface area contributed by atoms with Crippen LogP contribution >= 0.6 is 11.6 Å². The Morgan fingerprint density at radius 2 is 2.50 bits per heavy atom. The highest BCUT2D eigenvalue weighted by atomic mass is 35.5. The van der Waals surface area contributed by atoms with Crippen LogP contribution in [-0.4, -0.2) is 23.6 Å². The van der Waals surface area contributed by atoms with Gasteiger partial charge in [-0.1, -0.05) is 11.6 Å². The van der Waals surface area contributed by atoms with Crippen molar-refractivity contribution in [2.45, 2.75) is 0 Å². The van der Waals surface area contributed by atoms with Crippen LogP contribution in [0.5, 0.6) is 0 Å². The summed E-state index contributed by atoms with van der Waals surface area (Å²) in [4.78, 5) is 14.9. The molecule has 0 amide bonds. The van der Waals surface area contributed by atoms with E-state index >= 15 is 0 Å². The molecule has 0 aliphatic heterocycles. The molecule has 0 radical (unpaired) electrons. The number of methoxy groups -OCH3 is 1. The standard InChI is InChI=1S/C7H8ClN2O2/c1-12-5-10(11)6-3-2-4-9-7(6)8/h2-4H,5H2,1H3/q+1. The lowest BCUT2D eigenvalue weighted by Crippen LogP contribution is -2.05. The highest BCUT2D eigenvalue weighted by Crippen LogP contribution is 2.19. The average Bonchev–Trinajstić information content (AvgIpc) is 2.05. The van der Waals surface area contributed by atoms with E-state index in [0.29, 0.717) is 10.4 Å². The van der Waals surface area contributed by atoms with Gasteiger partial charge in [0, 0.05) is 24.3 Å². The third-order valence-electron chi connectivity index (χ3n) is 1.25. The van der Waals surface area contributed by atoms with Crippen LogP contribution in [0.4, 0.5) is 5.69 Å². The third kappa shape index (κ3) is 1.99. The van der Waals surface area contributed by atoms with Gasteiger partial charge in [-0.2, -0.15) is 0 Å². The van der Waals surface area contributed by atoms with Gasteiger partial charge in [-0.25, -0.2) is 4.98 Å². The molecule has 64 valence electrons. The maximum atomic E-state index is 11.1. The zero-order valence-electron chi connectivity index (χ0n) is 6.53. The van der Waals surface area contributed by atoms with Crippen LogP contribution < -0.4 is 0 Å². The van der Waals surface area contributed by atoms with Crippen molar-refractivity contribution in [3.8, 4) is 0 Å². The zero-order valence-corrected chi connectivity index (χ0v) is 7.28. The molecule has 1 aromatic rings. The molecule has 1 aromatic heterocycles. The van der Waals surface area contributed by atoms with Gasteiger partial charge in [-0.05, 0) is 6.07 Å². The van der Waals surface area contributed by atoms with Gasteiger partial charge in [0.15, 0.2) is 0 Å². The summed E-state index contributed by atoms with van der Waals surface area (Å²) < 4.78 is 5.27. The molecule has 0 saturated heterocycles. The van der Waals surface area contributed by atoms with E-state index in [1.165, 1.54) is 13.3 Å². The molecule has 0 fully saturated rings. The Morgan fingerprint density at radius 1 is 1.75 bits per heavy atom. The molecule has 0 aromatic carbocycles. The minimum Gasteiger partial charge on any atom is -0.323 e. The molecular formula is C7H8ClN2O2+. The van der Waals surface area contributed by atoms with Gasteiger partial charge in [0.2, 0.25) is 5.15 Å². The van der Waals surface area contributed by atoms with Crippen molar-refractivity contribution in [2.75, 3.05) is 13.8 Å². The van der Waals surface area contributed by atoms with Crippen LogP contribution in [-0.2, 0) is 4.74 Å². The summed E-state index contributed by atoms with van der Waals surface area (Å²) >= 11 is 5.65. The smallest absolute Gasteiger partial charge is 0.301 e. The SMILES string of the molecule is COC[N+](=O)c1cccnc1Cl. The first-order chi connectivity index (χ1) is 5.75. The van der Waals surface area contributed by atoms with Gasteiger partial charge in [0.1, 0.15) is 0 Å². The van der Waals surface area contributed by atoms with Crippen molar-refractivity contribution in [1.29, 1.82) is 0 Å². The Hall–Kier alpha value is -1.00. The summed E-state index contributed by atoms with van der Waals surface area (Å²) in [6.45, 7) is -0.0502. The van der Waals surface area contributed by atoms with Crippen molar-refractivity contribution < 1.29 is 9.50 Å². The first-order valence-electron chi connectivity index (χ1n) is 3.30. The number of hydrogen-bond donors (Lipinski definition) is 0. The first kappa shape index (κ1) is 9.09. The minimum absolute atomic E-state index is 0.0502. The quantitative estimate of drug-likeness (QED) is 0.411. The molecule has 5 heteroatoms. The largest absolute Gasteiger partial charge is 0.323 e. The highest BCUT2D eigenvalue weighted by molar-refractivity contribution is 6.31. The van der Waals surface area contributed by atoms with Gasteiger partial charge < -0.3 is 4.74 Å². The van der Waals surface area contributed by atoms with E-state index in [9.17, 15) is 4.91 Å². The normalized spacial score (nSPS) is 9.83. The number of rotatable bonds is 3. The summed E-state index contributed by atoms with van der Waals surface area (Å²) in [5.74, 6) is 0. The Kier molecular flexibility index (Phi) is 3.13. The fraction of sp³-hybridized carbons (Fsp3) is 0.286. The highest BCUT2D eigenvalue weighted by Gasteiger charge is 2.17. The molecule has 1 heterocycles. The summed E-state index contributed by atoms with van der Waals surface area (Å²) in [6.07, 6.45) is 1.52. The molecule has 0 atom stereocenters. The molecule has 0 N–H and O–H groups in total. The molecule has 1 rings (SSSR count). The van der Waals surface area contributed by atoms with Gasteiger partial charge >= 0.3 is 6.73 Å². The van der Waals surface area contributed by atoms with E-state index in [1.807, 2.05) is 0 Å². The van der Waals surface area contributed by atoms with E-state index in [0.717, 1.165) is 0 Å². The van der Waals surface area contributed by atoms with Crippen molar-refractivity contribution in [3.05, 3.63) is 28.4 Å². The summed E-state index contributed by atoms with van der Waals surface area (Å²) in [5, 5.41) is 0.185. The van der Waals surface area contributed by atoms with Crippen molar-refractivity contribution in [3.63, 3.8) is 0 Å². The topological polar surface area (TPSA) is 42.2 Å². The van der Waals surface area contributed by atoms with Crippen LogP contribution in [0.2, 0.25) is 5.15 Å². The fourth-order valence-electron chi connectivity index (χ4n) is 0.750. The van der Waals surface area contributed by atoms with E-state index < -0.39 is 0 Å². The molecule has 0 unspecified atom stereocenters. The fourth-order valence-corrected chi connectivity index (χ4v) is 0.964. The van der Waals surface area contributed by atoms with E-state index in [-0.39, 0.29) is 11.9 Å². The lowest BCUT2D eigenvalue weighted by Gasteiger charge is -1.92. The summed E-state index contributed by atoms with van der Waals surface area (Å²) in [5.41, 5.74) is 0.320. The second-order valence-electron chi connectivity index (χ2n) is 2.11. The predicted molar refractivity (Wildman–Crippen MR) is 44.4 cm³/mol. The van der Waals surface area contributed by atoms with Gasteiger partial charge in [0.25, 0.3) is 5.69 Å². The first-order valence-corrected chi connectivity index (χ1v) is 3.67. The Bertz CT molecular complexity index is 290. The summed E-state index contributed by atoms with van der Waals surface area (Å²) in [7, 11) is 1.44. The number of nitroso groups, excluding NO2 is 1. The maximum Gasteiger partial charge on any atom is 0.301 e. The molecule has 12 heavy (non-hydrogen) atoms. The van der Waals surface area contributed by atoms with E-state index in [4.69, 9.17) is 11.6 Å². The molecular weight excluding hydrogens is 180 g/mol. The Balaban J connectivity index is 2.87. The van der Waals surface area contributed by atoms with Crippen LogP contribution in [0, 0.1) is 4.91 Å². The van der Waals surface area contributed by atoms with Crippen LogP contribution in [0.3, 0.4) is 0 Å². The summed E-state index contributed by atoms with van der Waals surface area (Å²) in [6, 6.07) is 3.23. The second-order valence-corrected chi connectivity index (χ2v) is 2.47. The van der Waals surface area contributed by atoms with Gasteiger partial charge in [0.05, 0.1) is 4.76 Å². The molecule has 4 nitrogen and oxygen atoms in total. The van der Waals surface area contributed by atoms with E-state index in [1.54, 1.807) is 12.1 Å². The number of hydrogen-bond acceptors (Lipinski definition) is 3. The predicted octanol–water partition coefficient (Wildman–Crippen LogP) is 1.75. The second kappa shape index (κ2) is 4.13. The third-order valence-corrected chi connectivity index (χ3v) is 1.55. The average molecular weight is 188 g/mol. The number of halogens is 1. The number of pyridine rings is 1. The van der Waals surface area contributed by atoms with E-state index in [2.05, 4.69) is 9.72 Å². The Morgan fingerprint density at radius 3 is 3.08 bits per heavy atom. The van der Waals surface area contributed by atoms with Gasteiger partial charge in [-0.3, -0.25) is 0 Å². The number of ether oxygens (including phenoxy) is 1. The van der Waals surface area contributed by atoms with Crippen LogP contribution in [0.25, 0.3) is 0 Å². The molecule has 0 saturated carbocycles. The van der Waals surface area contributed by atoms with Crippen LogP contribution in [0.15, 0.2) is 18.3 Å². The van der Waals surface area contributed by atoms with Crippen LogP contribution in [0.1, 0.15) is 0 Å². The minimum atomic E-state index is -0.0502.